The molecule has 0 aromatic rings. The van der Waals surface area contributed by atoms with Crippen LogP contribution in [0.2, 0.25) is 0 Å². The Labute approximate surface area is 79.9 Å². The maximum absolute atomic E-state index is 10.9. The Bertz CT molecular complexity index is 262. The van der Waals surface area contributed by atoms with Gasteiger partial charge in [-0.05, 0) is 0 Å². The number of aliphatic carboxylic acids is 1. The van der Waals surface area contributed by atoms with Crippen molar-refractivity contribution in [3.8, 4) is 0 Å². The summed E-state index contributed by atoms with van der Waals surface area (Å²) in [5.74, 6) is -2.01. The minimum absolute atomic E-state index is 0.00546. The molecule has 1 fully saturated rings. The second-order valence-corrected chi connectivity index (χ2v) is 3.09. The van der Waals surface area contributed by atoms with Crippen LogP contribution in [0.15, 0.2) is 0 Å². The van der Waals surface area contributed by atoms with Crippen molar-refractivity contribution in [2.75, 3.05) is 19.6 Å². The molecule has 1 atom stereocenters. The summed E-state index contributed by atoms with van der Waals surface area (Å²) in [6.07, 6.45) is 0. The summed E-state index contributed by atoms with van der Waals surface area (Å²) in [4.78, 5) is 33.5. The van der Waals surface area contributed by atoms with E-state index in [0.29, 0.717) is 0 Å². The molecule has 2 amide bonds. The monoisotopic (exact) mass is 201 g/mol. The Morgan fingerprint density at radius 2 is 2.00 bits per heavy atom. The first-order chi connectivity index (χ1) is 6.49. The molecule has 14 heavy (non-hydrogen) atoms. The molecule has 7 nitrogen and oxygen atoms in total. The Balaban J connectivity index is 2.48. The number of carboxylic acid groups (broad SMARTS) is 1. The molecule has 1 aliphatic heterocycles. The number of carboxylic acids is 1. The fraction of sp³-hybridized carbons (Fsp3) is 0.571. The minimum Gasteiger partial charge on any atom is -0.480 e. The number of nitrogens with one attached hydrogen (secondary N) is 1. The average molecular weight is 201 g/mol. The molecule has 0 aromatic carbocycles. The third-order valence-corrected chi connectivity index (χ3v) is 1.79. The maximum Gasteiger partial charge on any atom is 0.321 e. The van der Waals surface area contributed by atoms with E-state index in [1.165, 1.54) is 4.90 Å². The van der Waals surface area contributed by atoms with Gasteiger partial charge < -0.3 is 10.8 Å². The Kier molecular flexibility index (Phi) is 3.15. The van der Waals surface area contributed by atoms with Gasteiger partial charge in [-0.15, -0.1) is 0 Å². The molecular weight excluding hydrogens is 190 g/mol. The van der Waals surface area contributed by atoms with Crippen molar-refractivity contribution in [2.24, 2.45) is 5.73 Å². The van der Waals surface area contributed by atoms with Crippen molar-refractivity contribution in [3.63, 3.8) is 0 Å². The normalized spacial score (nSPS) is 20.4. The van der Waals surface area contributed by atoms with Crippen molar-refractivity contribution < 1.29 is 19.5 Å². The molecule has 0 bridgehead atoms. The molecule has 0 aromatic heterocycles. The van der Waals surface area contributed by atoms with Crippen LogP contribution >= 0.6 is 0 Å². The number of nitrogens with two attached hydrogens (primary N) is 1. The van der Waals surface area contributed by atoms with Crippen LogP contribution in [0.4, 0.5) is 0 Å². The second-order valence-electron chi connectivity index (χ2n) is 3.09. The van der Waals surface area contributed by atoms with E-state index < -0.39 is 23.8 Å². The predicted molar refractivity (Wildman–Crippen MR) is 45.2 cm³/mol. The summed E-state index contributed by atoms with van der Waals surface area (Å²) in [6, 6.07) is -1.08. The highest BCUT2D eigenvalue weighted by atomic mass is 16.4. The largest absolute Gasteiger partial charge is 0.480 e. The number of imide groups is 1. The number of nitrogens with zero attached hydrogens (tertiary/aromatic N) is 1. The van der Waals surface area contributed by atoms with Crippen LogP contribution in [-0.2, 0) is 14.4 Å². The molecule has 1 unspecified atom stereocenters. The van der Waals surface area contributed by atoms with Gasteiger partial charge in [0.25, 0.3) is 0 Å². The Hall–Kier alpha value is -1.47. The lowest BCUT2D eigenvalue weighted by Crippen LogP contribution is -2.55. The molecule has 4 N–H and O–H groups in total. The molecule has 1 saturated heterocycles. The first kappa shape index (κ1) is 10.6. The van der Waals surface area contributed by atoms with E-state index in [1.54, 1.807) is 0 Å². The zero-order valence-electron chi connectivity index (χ0n) is 7.40. The van der Waals surface area contributed by atoms with Crippen LogP contribution in [0.3, 0.4) is 0 Å². The minimum atomic E-state index is -1.15. The van der Waals surface area contributed by atoms with E-state index in [4.69, 9.17) is 10.8 Å². The zero-order valence-corrected chi connectivity index (χ0v) is 7.40. The van der Waals surface area contributed by atoms with E-state index in [1.807, 2.05) is 0 Å². The zero-order chi connectivity index (χ0) is 10.7. The number of hydrogen-bond acceptors (Lipinski definition) is 5. The van der Waals surface area contributed by atoms with E-state index in [9.17, 15) is 14.4 Å². The summed E-state index contributed by atoms with van der Waals surface area (Å²) in [5, 5.41) is 10.6. The van der Waals surface area contributed by atoms with Crippen LogP contribution in [0, 0.1) is 0 Å². The third-order valence-electron chi connectivity index (χ3n) is 1.79. The highest BCUT2D eigenvalue weighted by Gasteiger charge is 2.25. The van der Waals surface area contributed by atoms with Crippen molar-refractivity contribution >= 4 is 17.8 Å². The fourth-order valence-corrected chi connectivity index (χ4v) is 1.18. The lowest BCUT2D eigenvalue weighted by atomic mass is 10.2. The average Bonchev–Trinajstić information content (AvgIpc) is 2.01. The molecule has 0 radical (unpaired) electrons. The third kappa shape index (κ3) is 2.79. The first-order valence-corrected chi connectivity index (χ1v) is 4.02. The molecule has 0 saturated carbocycles. The van der Waals surface area contributed by atoms with Gasteiger partial charge in [-0.1, -0.05) is 0 Å². The van der Waals surface area contributed by atoms with Gasteiger partial charge in [-0.2, -0.15) is 0 Å². The second kappa shape index (κ2) is 4.16. The summed E-state index contributed by atoms with van der Waals surface area (Å²) >= 11 is 0. The van der Waals surface area contributed by atoms with Gasteiger partial charge in [-0.3, -0.25) is 24.6 Å². The van der Waals surface area contributed by atoms with E-state index in [2.05, 4.69) is 5.32 Å². The summed E-state index contributed by atoms with van der Waals surface area (Å²) < 4.78 is 0. The Morgan fingerprint density at radius 1 is 1.50 bits per heavy atom. The molecule has 7 heteroatoms. The van der Waals surface area contributed by atoms with Crippen molar-refractivity contribution in [3.05, 3.63) is 0 Å². The molecule has 78 valence electrons. The molecule has 1 aliphatic rings. The lowest BCUT2D eigenvalue weighted by molar-refractivity contribution is -0.142. The number of piperazine rings is 1. The first-order valence-electron chi connectivity index (χ1n) is 4.02. The molecule has 0 aliphatic carbocycles. The van der Waals surface area contributed by atoms with Crippen LogP contribution in [0.5, 0.6) is 0 Å². The van der Waals surface area contributed by atoms with Gasteiger partial charge in [0.2, 0.25) is 11.8 Å². The van der Waals surface area contributed by atoms with Crippen LogP contribution in [0.1, 0.15) is 0 Å². The van der Waals surface area contributed by atoms with Crippen molar-refractivity contribution in [1.82, 2.24) is 10.2 Å². The number of rotatable bonds is 3. The number of hydrogen-bond donors (Lipinski definition) is 3. The van der Waals surface area contributed by atoms with Crippen LogP contribution in [-0.4, -0.2) is 53.5 Å². The summed E-state index contributed by atoms with van der Waals surface area (Å²) in [6.45, 7) is 0.00787. The standard InChI is InChI=1S/C7H11N3O4/c8-4(7(13)14)1-10-2-5(11)9-6(12)3-10/h4H,1-3,8H2,(H,13,14)(H,9,11,12). The maximum atomic E-state index is 10.9. The lowest BCUT2D eigenvalue weighted by Gasteiger charge is -2.26. The topological polar surface area (TPSA) is 113 Å². The summed E-state index contributed by atoms with van der Waals surface area (Å²) in [7, 11) is 0. The van der Waals surface area contributed by atoms with E-state index in [0.717, 1.165) is 0 Å². The van der Waals surface area contributed by atoms with Crippen LogP contribution in [0.25, 0.3) is 0 Å². The molecule has 0 spiro atoms. The van der Waals surface area contributed by atoms with Gasteiger partial charge in [0.15, 0.2) is 0 Å². The fourth-order valence-electron chi connectivity index (χ4n) is 1.18. The molecule has 1 heterocycles. The quantitative estimate of drug-likeness (QED) is 0.430. The van der Waals surface area contributed by atoms with Gasteiger partial charge in [-0.25, -0.2) is 0 Å². The van der Waals surface area contributed by atoms with Gasteiger partial charge in [0.1, 0.15) is 6.04 Å². The number of amides is 2. The molecular formula is C7H11N3O4. The SMILES string of the molecule is NC(CN1CC(=O)NC(=O)C1)C(=O)O. The van der Waals surface area contributed by atoms with Gasteiger partial charge >= 0.3 is 5.97 Å². The van der Waals surface area contributed by atoms with Crippen molar-refractivity contribution in [1.29, 1.82) is 0 Å². The highest BCUT2D eigenvalue weighted by molar-refractivity contribution is 5.99. The van der Waals surface area contributed by atoms with Gasteiger partial charge in [0.05, 0.1) is 13.1 Å². The summed E-state index contributed by atoms with van der Waals surface area (Å²) in [5.41, 5.74) is 5.25. The highest BCUT2D eigenvalue weighted by Crippen LogP contribution is 1.95. The van der Waals surface area contributed by atoms with E-state index >= 15 is 0 Å². The van der Waals surface area contributed by atoms with Crippen LogP contribution < -0.4 is 11.1 Å². The van der Waals surface area contributed by atoms with Crippen molar-refractivity contribution in [2.45, 2.75) is 6.04 Å². The van der Waals surface area contributed by atoms with Gasteiger partial charge in [0, 0.05) is 6.54 Å². The van der Waals surface area contributed by atoms with E-state index in [-0.39, 0.29) is 19.6 Å². The predicted octanol–water partition coefficient (Wildman–Crippen LogP) is -2.64. The molecule has 1 rings (SSSR count). The number of carbonyl (C=O) groups excluding carboxylic acids is 2. The Morgan fingerprint density at radius 3 is 2.43 bits per heavy atom. The smallest absolute Gasteiger partial charge is 0.321 e. The number of carbonyl (C=O) groups is 3.